The Labute approximate surface area is 222 Å². The van der Waals surface area contributed by atoms with Gasteiger partial charge in [0.05, 0.1) is 13.2 Å². The van der Waals surface area contributed by atoms with Gasteiger partial charge in [-0.3, -0.25) is 9.69 Å². The fourth-order valence-electron chi connectivity index (χ4n) is 4.81. The Kier molecular flexibility index (Phi) is 8.41. The fraction of sp³-hybridized carbons (Fsp3) is 0.300. The van der Waals surface area contributed by atoms with Crippen molar-refractivity contribution in [3.05, 3.63) is 101 Å². The number of carbonyl (C=O) groups is 1. The maximum Gasteiger partial charge on any atom is 0.220 e. The number of fused-ring (bicyclic) bond motifs is 1. The van der Waals surface area contributed by atoms with E-state index in [-0.39, 0.29) is 11.8 Å². The second-order valence-corrected chi connectivity index (χ2v) is 9.78. The molecule has 7 heteroatoms. The third-order valence-corrected chi connectivity index (χ3v) is 7.04. The van der Waals surface area contributed by atoms with Crippen molar-refractivity contribution < 1.29 is 14.3 Å². The molecule has 2 N–H and O–H groups in total. The van der Waals surface area contributed by atoms with Crippen molar-refractivity contribution in [2.24, 2.45) is 0 Å². The van der Waals surface area contributed by atoms with Crippen molar-refractivity contribution >= 4 is 28.4 Å². The molecule has 1 aromatic heterocycles. The summed E-state index contributed by atoms with van der Waals surface area (Å²) < 4.78 is 11.5. The van der Waals surface area contributed by atoms with Gasteiger partial charge >= 0.3 is 0 Å². The number of morpholine rings is 1. The summed E-state index contributed by atoms with van der Waals surface area (Å²) in [7, 11) is 0. The molecule has 37 heavy (non-hydrogen) atoms. The summed E-state index contributed by atoms with van der Waals surface area (Å²) >= 11 is 6.34. The molecule has 4 aromatic rings. The lowest BCUT2D eigenvalue weighted by Gasteiger charge is -2.26. The minimum Gasteiger partial charge on any atom is -0.489 e. The SMILES string of the molecule is O=C(C[C@H](c1cccc(OCc2ccccc2)c1)c1c[nH]c2ccc(Cl)cc12)NCCN1CCOCC1. The molecule has 192 valence electrons. The Bertz CT molecular complexity index is 1320. The van der Waals surface area contributed by atoms with Crippen LogP contribution in [0.5, 0.6) is 5.75 Å². The first-order valence-electron chi connectivity index (χ1n) is 12.8. The van der Waals surface area contributed by atoms with Crippen molar-refractivity contribution in [3.8, 4) is 5.75 Å². The molecular weight excluding hydrogens is 486 g/mol. The first-order chi connectivity index (χ1) is 18.2. The lowest BCUT2D eigenvalue weighted by Crippen LogP contribution is -2.41. The van der Waals surface area contributed by atoms with Crippen LogP contribution in [-0.2, 0) is 16.1 Å². The molecule has 1 saturated heterocycles. The van der Waals surface area contributed by atoms with Gasteiger partial charge in [0.15, 0.2) is 0 Å². The van der Waals surface area contributed by atoms with E-state index in [0.29, 0.717) is 24.6 Å². The highest BCUT2D eigenvalue weighted by atomic mass is 35.5. The first kappa shape index (κ1) is 25.3. The monoisotopic (exact) mass is 517 g/mol. The van der Waals surface area contributed by atoms with Crippen molar-refractivity contribution in [3.63, 3.8) is 0 Å². The van der Waals surface area contributed by atoms with E-state index in [1.165, 1.54) is 0 Å². The van der Waals surface area contributed by atoms with Crippen molar-refractivity contribution in [2.45, 2.75) is 18.9 Å². The number of hydrogen-bond acceptors (Lipinski definition) is 4. The minimum atomic E-state index is -0.157. The molecule has 0 aliphatic carbocycles. The summed E-state index contributed by atoms with van der Waals surface area (Å²) in [6, 6.07) is 23.9. The van der Waals surface area contributed by atoms with Crippen LogP contribution in [-0.4, -0.2) is 55.2 Å². The standard InChI is InChI=1S/C30H32ClN3O3/c31-24-9-10-29-27(18-24)28(20-33-29)26(19-30(35)32-11-12-34-13-15-36-16-14-34)23-7-4-8-25(17-23)37-21-22-5-2-1-3-6-22/h1-10,17-18,20,26,33H,11-16,19,21H2,(H,32,35)/t26-/m1/s1. The molecule has 1 aliphatic heterocycles. The van der Waals surface area contributed by atoms with Crippen LogP contribution in [0.2, 0.25) is 5.02 Å². The molecule has 0 unspecified atom stereocenters. The first-order valence-corrected chi connectivity index (χ1v) is 13.1. The molecule has 2 heterocycles. The van der Waals surface area contributed by atoms with Crippen molar-refractivity contribution in [1.29, 1.82) is 0 Å². The van der Waals surface area contributed by atoms with Gasteiger partial charge in [0.25, 0.3) is 0 Å². The maximum absolute atomic E-state index is 13.1. The van der Waals surface area contributed by atoms with Gasteiger partial charge in [0.1, 0.15) is 12.4 Å². The second-order valence-electron chi connectivity index (χ2n) is 9.34. The van der Waals surface area contributed by atoms with Crippen LogP contribution in [0.15, 0.2) is 79.0 Å². The zero-order valence-corrected chi connectivity index (χ0v) is 21.5. The molecule has 0 saturated carbocycles. The van der Waals surface area contributed by atoms with Gasteiger partial charge in [-0.25, -0.2) is 0 Å². The van der Waals surface area contributed by atoms with Gasteiger partial charge in [-0.15, -0.1) is 0 Å². The lowest BCUT2D eigenvalue weighted by molar-refractivity contribution is -0.121. The van der Waals surface area contributed by atoms with Gasteiger partial charge in [-0.05, 0) is 47.0 Å². The van der Waals surface area contributed by atoms with E-state index in [9.17, 15) is 4.79 Å². The Morgan fingerprint density at radius 1 is 1.05 bits per heavy atom. The Morgan fingerprint density at radius 3 is 2.73 bits per heavy atom. The van der Waals surface area contributed by atoms with Gasteiger partial charge < -0.3 is 19.8 Å². The van der Waals surface area contributed by atoms with E-state index in [0.717, 1.165) is 66.2 Å². The van der Waals surface area contributed by atoms with E-state index >= 15 is 0 Å². The largest absolute Gasteiger partial charge is 0.489 e. The van der Waals surface area contributed by atoms with E-state index in [4.69, 9.17) is 21.1 Å². The van der Waals surface area contributed by atoms with Crippen LogP contribution < -0.4 is 10.1 Å². The number of carbonyl (C=O) groups excluding carboxylic acids is 1. The highest BCUT2D eigenvalue weighted by Gasteiger charge is 2.22. The Morgan fingerprint density at radius 2 is 1.89 bits per heavy atom. The summed E-state index contributed by atoms with van der Waals surface area (Å²) in [6.45, 7) is 5.24. The minimum absolute atomic E-state index is 0.0187. The number of nitrogens with one attached hydrogen (secondary N) is 2. The number of aromatic nitrogens is 1. The fourth-order valence-corrected chi connectivity index (χ4v) is 4.98. The van der Waals surface area contributed by atoms with E-state index in [1.807, 2.05) is 72.9 Å². The smallest absolute Gasteiger partial charge is 0.220 e. The van der Waals surface area contributed by atoms with Crippen LogP contribution >= 0.6 is 11.6 Å². The third-order valence-electron chi connectivity index (χ3n) is 6.80. The van der Waals surface area contributed by atoms with E-state index in [2.05, 4.69) is 21.3 Å². The van der Waals surface area contributed by atoms with Crippen LogP contribution in [0, 0.1) is 0 Å². The van der Waals surface area contributed by atoms with Gasteiger partial charge in [0, 0.05) is 60.6 Å². The summed E-state index contributed by atoms with van der Waals surface area (Å²) in [4.78, 5) is 18.8. The van der Waals surface area contributed by atoms with Gasteiger partial charge in [-0.1, -0.05) is 54.1 Å². The summed E-state index contributed by atoms with van der Waals surface area (Å²) in [5, 5.41) is 4.81. The topological polar surface area (TPSA) is 66.6 Å². The van der Waals surface area contributed by atoms with Crippen molar-refractivity contribution in [1.82, 2.24) is 15.2 Å². The number of H-pyrrole nitrogens is 1. The lowest BCUT2D eigenvalue weighted by atomic mass is 9.88. The highest BCUT2D eigenvalue weighted by molar-refractivity contribution is 6.31. The quantitative estimate of drug-likeness (QED) is 0.297. The van der Waals surface area contributed by atoms with E-state index in [1.54, 1.807) is 0 Å². The predicted molar refractivity (Wildman–Crippen MR) is 147 cm³/mol. The number of hydrogen-bond donors (Lipinski definition) is 2. The highest BCUT2D eigenvalue weighted by Crippen LogP contribution is 2.36. The maximum atomic E-state index is 13.1. The van der Waals surface area contributed by atoms with Crippen LogP contribution in [0.4, 0.5) is 0 Å². The zero-order valence-electron chi connectivity index (χ0n) is 20.8. The van der Waals surface area contributed by atoms with Crippen LogP contribution in [0.1, 0.15) is 29.0 Å². The van der Waals surface area contributed by atoms with Crippen molar-refractivity contribution in [2.75, 3.05) is 39.4 Å². The van der Waals surface area contributed by atoms with Gasteiger partial charge in [0.2, 0.25) is 5.91 Å². The summed E-state index contributed by atoms with van der Waals surface area (Å²) in [6.07, 6.45) is 2.31. The van der Waals surface area contributed by atoms with Crippen LogP contribution in [0.25, 0.3) is 10.9 Å². The molecule has 3 aromatic carbocycles. The molecular formula is C30H32ClN3O3. The number of aromatic amines is 1. The number of ether oxygens (including phenoxy) is 2. The molecule has 0 spiro atoms. The molecule has 1 fully saturated rings. The zero-order chi connectivity index (χ0) is 25.5. The molecule has 1 atom stereocenters. The predicted octanol–water partition coefficient (Wildman–Crippen LogP) is 5.37. The van der Waals surface area contributed by atoms with Crippen LogP contribution in [0.3, 0.4) is 0 Å². The second kappa shape index (κ2) is 12.3. The summed E-state index contributed by atoms with van der Waals surface area (Å²) in [5.41, 5.74) is 4.17. The average molecular weight is 518 g/mol. The number of halogens is 1. The average Bonchev–Trinajstić information content (AvgIpc) is 3.34. The molecule has 5 rings (SSSR count). The number of amides is 1. The molecule has 6 nitrogen and oxygen atoms in total. The number of benzene rings is 3. The molecule has 1 aliphatic rings. The molecule has 0 radical (unpaired) electrons. The summed E-state index contributed by atoms with van der Waals surface area (Å²) in [5.74, 6) is 0.637. The third kappa shape index (κ3) is 6.72. The number of rotatable bonds is 10. The van der Waals surface area contributed by atoms with Gasteiger partial charge in [-0.2, -0.15) is 0 Å². The number of nitrogens with zero attached hydrogens (tertiary/aromatic N) is 1. The Hall–Kier alpha value is -3.32. The molecule has 0 bridgehead atoms. The van der Waals surface area contributed by atoms with E-state index < -0.39 is 0 Å². The Balaban J connectivity index is 1.34. The molecule has 1 amide bonds. The normalized spacial score (nSPS) is 14.9.